The third kappa shape index (κ3) is 3.16. The summed E-state index contributed by atoms with van der Waals surface area (Å²) in [4.78, 5) is 11.6. The first-order valence-electron chi connectivity index (χ1n) is 5.68. The predicted octanol–water partition coefficient (Wildman–Crippen LogP) is 2.85. The molecule has 1 aromatic carbocycles. The Kier molecular flexibility index (Phi) is 5.43. The summed E-state index contributed by atoms with van der Waals surface area (Å²) in [5.41, 5.74) is 6.57. The van der Waals surface area contributed by atoms with Gasteiger partial charge in [-0.25, -0.2) is 0 Å². The molecule has 18 heavy (non-hydrogen) atoms. The number of nitrogens with two attached hydrogens (primary N) is 1. The standard InChI is InChI=1S/C13H16INO2.ClH/c1-17-12(16)13(15)7-6-10(8-13)9-2-4-11(14)5-3-9;/h2-5,10H,6-8,15H2,1H3;1H/t10-,13+;/m0./s1. The zero-order chi connectivity index (χ0) is 12.5. The quantitative estimate of drug-likeness (QED) is 0.633. The summed E-state index contributed by atoms with van der Waals surface area (Å²) in [7, 11) is 1.40. The minimum Gasteiger partial charge on any atom is -0.468 e. The normalized spacial score (nSPS) is 26.5. The minimum atomic E-state index is -0.789. The van der Waals surface area contributed by atoms with Crippen LogP contribution in [0.15, 0.2) is 24.3 Å². The Labute approximate surface area is 127 Å². The van der Waals surface area contributed by atoms with Crippen molar-refractivity contribution in [2.45, 2.75) is 30.7 Å². The predicted molar refractivity (Wildman–Crippen MR) is 81.9 cm³/mol. The molecular weight excluding hydrogens is 365 g/mol. The highest BCUT2D eigenvalue weighted by molar-refractivity contribution is 14.1. The minimum absolute atomic E-state index is 0. The first kappa shape index (κ1) is 15.7. The Bertz CT molecular complexity index is 424. The topological polar surface area (TPSA) is 52.3 Å². The van der Waals surface area contributed by atoms with E-state index in [9.17, 15) is 4.79 Å². The molecule has 0 bridgehead atoms. The maximum Gasteiger partial charge on any atom is 0.325 e. The monoisotopic (exact) mass is 381 g/mol. The number of methoxy groups -OCH3 is 1. The van der Waals surface area contributed by atoms with Crippen LogP contribution in [0.1, 0.15) is 30.7 Å². The van der Waals surface area contributed by atoms with Gasteiger partial charge in [0.15, 0.2) is 0 Å². The second-order valence-electron chi connectivity index (χ2n) is 4.64. The third-order valence-corrected chi connectivity index (χ3v) is 4.20. The van der Waals surface area contributed by atoms with Gasteiger partial charge in [0.2, 0.25) is 0 Å². The van der Waals surface area contributed by atoms with Crippen molar-refractivity contribution in [1.82, 2.24) is 0 Å². The highest BCUT2D eigenvalue weighted by Crippen LogP contribution is 2.40. The molecule has 1 fully saturated rings. The van der Waals surface area contributed by atoms with E-state index in [0.717, 1.165) is 6.42 Å². The molecule has 0 heterocycles. The van der Waals surface area contributed by atoms with Crippen LogP contribution in [0, 0.1) is 3.57 Å². The van der Waals surface area contributed by atoms with Crippen LogP contribution in [0.25, 0.3) is 0 Å². The fourth-order valence-corrected chi connectivity index (χ4v) is 2.84. The molecule has 1 aliphatic carbocycles. The van der Waals surface area contributed by atoms with E-state index in [-0.39, 0.29) is 18.4 Å². The lowest BCUT2D eigenvalue weighted by molar-refractivity contribution is -0.146. The Morgan fingerprint density at radius 3 is 2.61 bits per heavy atom. The van der Waals surface area contributed by atoms with Gasteiger partial charge in [0.1, 0.15) is 5.54 Å². The van der Waals surface area contributed by atoms with E-state index in [0.29, 0.717) is 18.8 Å². The van der Waals surface area contributed by atoms with Crippen molar-refractivity contribution < 1.29 is 9.53 Å². The highest BCUT2D eigenvalue weighted by atomic mass is 127. The molecule has 3 nitrogen and oxygen atoms in total. The molecular formula is C13H17ClINO2. The molecule has 1 aromatic rings. The summed E-state index contributed by atoms with van der Waals surface area (Å²) in [6.07, 6.45) is 2.34. The Morgan fingerprint density at radius 2 is 2.06 bits per heavy atom. The number of rotatable bonds is 2. The van der Waals surface area contributed by atoms with Crippen LogP contribution in [0.4, 0.5) is 0 Å². The van der Waals surface area contributed by atoms with Crippen LogP contribution >= 0.6 is 35.0 Å². The van der Waals surface area contributed by atoms with Gasteiger partial charge in [0, 0.05) is 3.57 Å². The fourth-order valence-electron chi connectivity index (χ4n) is 2.48. The van der Waals surface area contributed by atoms with Crippen molar-refractivity contribution in [3.05, 3.63) is 33.4 Å². The number of carbonyl (C=O) groups is 1. The zero-order valence-electron chi connectivity index (χ0n) is 10.2. The van der Waals surface area contributed by atoms with Gasteiger partial charge in [-0.05, 0) is 65.5 Å². The molecule has 1 saturated carbocycles. The Balaban J connectivity index is 0.00000162. The van der Waals surface area contributed by atoms with Gasteiger partial charge >= 0.3 is 5.97 Å². The Hall–Kier alpha value is -0.330. The van der Waals surface area contributed by atoms with Gasteiger partial charge in [0.25, 0.3) is 0 Å². The lowest BCUT2D eigenvalue weighted by atomic mass is 9.93. The first-order valence-corrected chi connectivity index (χ1v) is 6.76. The molecule has 0 spiro atoms. The number of benzene rings is 1. The van der Waals surface area contributed by atoms with Crippen molar-refractivity contribution in [2.24, 2.45) is 5.73 Å². The van der Waals surface area contributed by atoms with Crippen molar-refractivity contribution >= 4 is 41.0 Å². The number of ether oxygens (including phenoxy) is 1. The summed E-state index contributed by atoms with van der Waals surface area (Å²) < 4.78 is 5.99. The van der Waals surface area contributed by atoms with Crippen molar-refractivity contribution in [3.63, 3.8) is 0 Å². The van der Waals surface area contributed by atoms with Crippen LogP contribution < -0.4 is 5.73 Å². The van der Waals surface area contributed by atoms with Crippen LogP contribution in [-0.2, 0) is 9.53 Å². The molecule has 5 heteroatoms. The molecule has 0 radical (unpaired) electrons. The SMILES string of the molecule is COC(=O)[C@@]1(N)CC[C@H](c2ccc(I)cc2)C1.Cl. The van der Waals surface area contributed by atoms with Gasteiger partial charge in [-0.15, -0.1) is 12.4 Å². The number of hydrogen-bond donors (Lipinski definition) is 1. The summed E-state index contributed by atoms with van der Waals surface area (Å²) in [5, 5.41) is 0. The van der Waals surface area contributed by atoms with E-state index in [4.69, 9.17) is 10.5 Å². The summed E-state index contributed by atoms with van der Waals surface area (Å²) >= 11 is 2.28. The number of carbonyl (C=O) groups excluding carboxylic acids is 1. The van der Waals surface area contributed by atoms with E-state index < -0.39 is 5.54 Å². The molecule has 2 atom stereocenters. The molecule has 0 amide bonds. The lowest BCUT2D eigenvalue weighted by Gasteiger charge is -2.20. The van der Waals surface area contributed by atoms with Crippen molar-refractivity contribution in [1.29, 1.82) is 0 Å². The smallest absolute Gasteiger partial charge is 0.325 e. The van der Waals surface area contributed by atoms with E-state index in [1.807, 2.05) is 0 Å². The molecule has 0 aromatic heterocycles. The van der Waals surface area contributed by atoms with E-state index in [1.165, 1.54) is 16.2 Å². The van der Waals surface area contributed by atoms with Gasteiger partial charge in [-0.2, -0.15) is 0 Å². The van der Waals surface area contributed by atoms with E-state index in [2.05, 4.69) is 46.9 Å². The van der Waals surface area contributed by atoms with Crippen LogP contribution in [0.5, 0.6) is 0 Å². The summed E-state index contributed by atoms with van der Waals surface area (Å²) in [6, 6.07) is 8.42. The van der Waals surface area contributed by atoms with Crippen LogP contribution in [-0.4, -0.2) is 18.6 Å². The molecule has 2 rings (SSSR count). The molecule has 0 unspecified atom stereocenters. The second kappa shape index (κ2) is 6.21. The van der Waals surface area contributed by atoms with E-state index >= 15 is 0 Å². The highest BCUT2D eigenvalue weighted by Gasteiger charge is 2.43. The second-order valence-corrected chi connectivity index (χ2v) is 5.88. The third-order valence-electron chi connectivity index (χ3n) is 3.48. The largest absolute Gasteiger partial charge is 0.468 e. The molecule has 2 N–H and O–H groups in total. The first-order chi connectivity index (χ1) is 8.05. The van der Waals surface area contributed by atoms with Crippen LogP contribution in [0.3, 0.4) is 0 Å². The lowest BCUT2D eigenvalue weighted by Crippen LogP contribution is -2.46. The molecule has 0 aliphatic heterocycles. The van der Waals surface area contributed by atoms with Gasteiger partial charge < -0.3 is 10.5 Å². The van der Waals surface area contributed by atoms with Crippen LogP contribution in [0.2, 0.25) is 0 Å². The average molecular weight is 382 g/mol. The van der Waals surface area contributed by atoms with E-state index in [1.54, 1.807) is 0 Å². The van der Waals surface area contributed by atoms with Gasteiger partial charge in [-0.1, -0.05) is 12.1 Å². The maximum atomic E-state index is 11.6. The van der Waals surface area contributed by atoms with Crippen molar-refractivity contribution in [3.8, 4) is 0 Å². The van der Waals surface area contributed by atoms with Gasteiger partial charge in [-0.3, -0.25) is 4.79 Å². The zero-order valence-corrected chi connectivity index (χ0v) is 13.2. The van der Waals surface area contributed by atoms with Crippen molar-refractivity contribution in [2.75, 3.05) is 7.11 Å². The fraction of sp³-hybridized carbons (Fsp3) is 0.462. The maximum absolute atomic E-state index is 11.6. The molecule has 0 saturated heterocycles. The summed E-state index contributed by atoms with van der Waals surface area (Å²) in [6.45, 7) is 0. The molecule has 100 valence electrons. The number of halogens is 2. The average Bonchev–Trinajstić information content (AvgIpc) is 2.73. The Morgan fingerprint density at radius 1 is 1.44 bits per heavy atom. The number of hydrogen-bond acceptors (Lipinski definition) is 3. The van der Waals surface area contributed by atoms with Gasteiger partial charge in [0.05, 0.1) is 7.11 Å². The molecule has 1 aliphatic rings. The summed E-state index contributed by atoms with van der Waals surface area (Å²) in [5.74, 6) is 0.0848. The number of esters is 1.